The lowest BCUT2D eigenvalue weighted by molar-refractivity contribution is -0.516. The average molecular weight is 270 g/mol. The summed E-state index contributed by atoms with van der Waals surface area (Å²) in [6.45, 7) is -1.01. The Morgan fingerprint density at radius 3 is 2.00 bits per heavy atom. The molecule has 1 aromatic carbocycles. The Morgan fingerprint density at radius 1 is 1.05 bits per heavy atom. The number of nitrogens with zero attached hydrogens (tertiary/aromatic N) is 2. The molecule has 0 bridgehead atoms. The number of hydrogen-bond acceptors (Lipinski definition) is 6. The van der Waals surface area contributed by atoms with Crippen molar-refractivity contribution in [1.82, 2.24) is 0 Å². The largest absolute Gasteiger partial charge is 0.493 e. The standard InChI is InChI=1S/C11H14N2O6/c1-18-10-4-3-8(5-11(10)19-2)9(6-12(14)15)7-13(16)17/h3-5,9H,6-7H2,1-2H3. The van der Waals surface area contributed by atoms with E-state index < -0.39 is 28.9 Å². The van der Waals surface area contributed by atoms with Crippen molar-refractivity contribution >= 4 is 0 Å². The van der Waals surface area contributed by atoms with Gasteiger partial charge in [-0.05, 0) is 17.7 Å². The molecule has 0 spiro atoms. The highest BCUT2D eigenvalue weighted by molar-refractivity contribution is 5.44. The normalized spacial score (nSPS) is 10.3. The van der Waals surface area contributed by atoms with Gasteiger partial charge in [0.15, 0.2) is 11.5 Å². The van der Waals surface area contributed by atoms with E-state index in [0.717, 1.165) is 0 Å². The first-order valence-corrected chi connectivity index (χ1v) is 5.43. The Hall–Kier alpha value is -2.38. The van der Waals surface area contributed by atoms with Crippen molar-refractivity contribution in [3.05, 3.63) is 44.0 Å². The number of hydrogen-bond donors (Lipinski definition) is 0. The van der Waals surface area contributed by atoms with E-state index in [2.05, 4.69) is 0 Å². The van der Waals surface area contributed by atoms with Gasteiger partial charge in [-0.1, -0.05) is 6.07 Å². The molecular weight excluding hydrogens is 256 g/mol. The lowest BCUT2D eigenvalue weighted by Gasteiger charge is -2.12. The van der Waals surface area contributed by atoms with Crippen molar-refractivity contribution in [2.75, 3.05) is 27.3 Å². The quantitative estimate of drug-likeness (QED) is 0.547. The van der Waals surface area contributed by atoms with Crippen LogP contribution in [0.1, 0.15) is 11.5 Å². The fraction of sp³-hybridized carbons (Fsp3) is 0.455. The van der Waals surface area contributed by atoms with Gasteiger partial charge in [0.2, 0.25) is 13.1 Å². The third kappa shape index (κ3) is 4.09. The highest BCUT2D eigenvalue weighted by Crippen LogP contribution is 2.30. The second-order valence-corrected chi connectivity index (χ2v) is 3.84. The van der Waals surface area contributed by atoms with Crippen LogP contribution >= 0.6 is 0 Å². The van der Waals surface area contributed by atoms with E-state index in [9.17, 15) is 20.2 Å². The van der Waals surface area contributed by atoms with Crippen molar-refractivity contribution in [2.45, 2.75) is 5.92 Å². The highest BCUT2D eigenvalue weighted by Gasteiger charge is 2.24. The molecule has 8 nitrogen and oxygen atoms in total. The Labute approximate surface area is 109 Å². The van der Waals surface area contributed by atoms with Crippen LogP contribution < -0.4 is 9.47 Å². The number of ether oxygens (including phenoxy) is 2. The summed E-state index contributed by atoms with van der Waals surface area (Å²) in [7, 11) is 2.89. The molecule has 19 heavy (non-hydrogen) atoms. The first-order valence-electron chi connectivity index (χ1n) is 5.43. The third-order valence-corrected chi connectivity index (χ3v) is 2.62. The zero-order valence-corrected chi connectivity index (χ0v) is 10.6. The van der Waals surface area contributed by atoms with Crippen molar-refractivity contribution < 1.29 is 19.3 Å². The molecule has 0 fully saturated rings. The van der Waals surface area contributed by atoms with Gasteiger partial charge in [0.05, 0.1) is 14.2 Å². The van der Waals surface area contributed by atoms with E-state index in [4.69, 9.17) is 9.47 Å². The van der Waals surface area contributed by atoms with Gasteiger partial charge in [0, 0.05) is 9.85 Å². The molecule has 0 N–H and O–H groups in total. The Balaban J connectivity index is 3.07. The number of rotatable bonds is 7. The van der Waals surface area contributed by atoms with Crippen LogP contribution in [-0.2, 0) is 0 Å². The summed E-state index contributed by atoms with van der Waals surface area (Å²) in [4.78, 5) is 20.0. The lowest BCUT2D eigenvalue weighted by atomic mass is 9.99. The first kappa shape index (κ1) is 14.7. The van der Waals surface area contributed by atoms with E-state index in [1.54, 1.807) is 12.1 Å². The molecule has 0 heterocycles. The summed E-state index contributed by atoms with van der Waals surface area (Å²) >= 11 is 0. The van der Waals surface area contributed by atoms with Gasteiger partial charge in [-0.25, -0.2) is 0 Å². The van der Waals surface area contributed by atoms with Crippen molar-refractivity contribution in [3.8, 4) is 11.5 Å². The number of benzene rings is 1. The van der Waals surface area contributed by atoms with Gasteiger partial charge in [0.25, 0.3) is 0 Å². The molecule has 0 saturated carbocycles. The van der Waals surface area contributed by atoms with Crippen molar-refractivity contribution in [2.24, 2.45) is 0 Å². The first-order chi connectivity index (χ1) is 8.97. The molecule has 0 aliphatic rings. The monoisotopic (exact) mass is 270 g/mol. The maximum atomic E-state index is 10.6. The summed E-state index contributed by atoms with van der Waals surface area (Å²) in [5.74, 6) is 0.0497. The molecule has 0 aliphatic heterocycles. The van der Waals surface area contributed by atoms with E-state index in [1.807, 2.05) is 0 Å². The lowest BCUT2D eigenvalue weighted by Crippen LogP contribution is -2.20. The minimum Gasteiger partial charge on any atom is -0.493 e. The molecule has 104 valence electrons. The summed E-state index contributed by atoms with van der Waals surface area (Å²) in [6, 6.07) is 4.66. The molecule has 0 saturated heterocycles. The molecule has 0 aromatic heterocycles. The maximum absolute atomic E-state index is 10.6. The molecule has 0 atom stereocenters. The molecule has 1 rings (SSSR count). The third-order valence-electron chi connectivity index (χ3n) is 2.62. The van der Waals surface area contributed by atoms with Crippen LogP contribution in [0, 0.1) is 20.2 Å². The Kier molecular flexibility index (Phi) is 5.04. The summed E-state index contributed by atoms with van der Waals surface area (Å²) in [6.07, 6.45) is 0. The summed E-state index contributed by atoms with van der Waals surface area (Å²) < 4.78 is 10.1. The molecular formula is C11H14N2O6. The van der Waals surface area contributed by atoms with Crippen molar-refractivity contribution in [1.29, 1.82) is 0 Å². The van der Waals surface area contributed by atoms with Crippen molar-refractivity contribution in [3.63, 3.8) is 0 Å². The van der Waals surface area contributed by atoms with Gasteiger partial charge < -0.3 is 9.47 Å². The predicted molar refractivity (Wildman–Crippen MR) is 66.0 cm³/mol. The van der Waals surface area contributed by atoms with Gasteiger partial charge in [-0.15, -0.1) is 0 Å². The maximum Gasteiger partial charge on any atom is 0.217 e. The smallest absolute Gasteiger partial charge is 0.217 e. The minimum atomic E-state index is -0.801. The van der Waals surface area contributed by atoms with Crippen LogP contribution in [0.4, 0.5) is 0 Å². The highest BCUT2D eigenvalue weighted by atomic mass is 16.6. The topological polar surface area (TPSA) is 105 Å². The van der Waals surface area contributed by atoms with Crippen LogP contribution in [0.15, 0.2) is 18.2 Å². The minimum absolute atomic E-state index is 0.386. The van der Waals surface area contributed by atoms with Crippen LogP contribution in [-0.4, -0.2) is 37.2 Å². The number of nitro groups is 2. The van der Waals surface area contributed by atoms with E-state index >= 15 is 0 Å². The van der Waals surface area contributed by atoms with Crippen LogP contribution in [0.25, 0.3) is 0 Å². The Morgan fingerprint density at radius 2 is 1.58 bits per heavy atom. The molecule has 1 aromatic rings. The molecule has 0 radical (unpaired) electrons. The second kappa shape index (κ2) is 6.53. The number of methoxy groups -OCH3 is 2. The van der Waals surface area contributed by atoms with E-state index in [0.29, 0.717) is 17.1 Å². The molecule has 0 aliphatic carbocycles. The van der Waals surface area contributed by atoms with Crippen LogP contribution in [0.2, 0.25) is 0 Å². The zero-order chi connectivity index (χ0) is 14.4. The average Bonchev–Trinajstić information content (AvgIpc) is 2.36. The molecule has 0 amide bonds. The van der Waals surface area contributed by atoms with Gasteiger partial charge in [0.1, 0.15) is 5.92 Å². The van der Waals surface area contributed by atoms with E-state index in [-0.39, 0.29) is 0 Å². The molecule has 0 unspecified atom stereocenters. The fourth-order valence-electron chi connectivity index (χ4n) is 1.74. The predicted octanol–water partition coefficient (Wildman–Crippen LogP) is 1.34. The zero-order valence-electron chi connectivity index (χ0n) is 10.6. The summed E-state index contributed by atoms with van der Waals surface area (Å²) in [5, 5.41) is 21.1. The molecule has 8 heteroatoms. The second-order valence-electron chi connectivity index (χ2n) is 3.84. The van der Waals surface area contributed by atoms with E-state index in [1.165, 1.54) is 20.3 Å². The van der Waals surface area contributed by atoms with Gasteiger partial charge in [-0.3, -0.25) is 20.2 Å². The fourth-order valence-corrected chi connectivity index (χ4v) is 1.74. The SMILES string of the molecule is COc1ccc(C(C[N+](=O)[O-])C[N+](=O)[O-])cc1OC. The van der Waals surface area contributed by atoms with Crippen LogP contribution in [0.3, 0.4) is 0 Å². The van der Waals surface area contributed by atoms with Gasteiger partial charge >= 0.3 is 0 Å². The Bertz CT molecular complexity index is 460. The summed E-state index contributed by atoms with van der Waals surface area (Å²) in [5.41, 5.74) is 0.478. The van der Waals surface area contributed by atoms with Crippen LogP contribution in [0.5, 0.6) is 11.5 Å². The van der Waals surface area contributed by atoms with Gasteiger partial charge in [-0.2, -0.15) is 0 Å².